The lowest BCUT2D eigenvalue weighted by atomic mass is 10.0. The number of amides is 1. The van der Waals surface area contributed by atoms with Crippen molar-refractivity contribution in [3.05, 3.63) is 92.4 Å². The first-order valence-electron chi connectivity index (χ1n) is 8.21. The van der Waals surface area contributed by atoms with Crippen LogP contribution in [-0.4, -0.2) is 18.3 Å². The molecule has 0 saturated carbocycles. The smallest absolute Gasteiger partial charge is 0.262 e. The fraction of sp³-hybridized carbons (Fsp3) is 0.0476. The maximum Gasteiger partial charge on any atom is 0.262 e. The number of carbonyl (C=O) groups excluding carboxylic acids is 2. The van der Waals surface area contributed by atoms with E-state index in [-0.39, 0.29) is 12.4 Å². The van der Waals surface area contributed by atoms with Gasteiger partial charge in [-0.3, -0.25) is 9.59 Å². The van der Waals surface area contributed by atoms with Crippen LogP contribution in [0.1, 0.15) is 15.9 Å². The van der Waals surface area contributed by atoms with E-state index in [9.17, 15) is 9.59 Å². The quantitative estimate of drug-likeness (QED) is 0.441. The molecule has 1 N–H and O–H groups in total. The zero-order valence-corrected chi connectivity index (χ0v) is 17.5. The monoisotopic (exact) mass is 477 g/mol. The third-order valence-electron chi connectivity index (χ3n) is 3.80. The minimum absolute atomic E-state index is 0.211. The summed E-state index contributed by atoms with van der Waals surface area (Å²) in [6.45, 7) is -0.211. The van der Waals surface area contributed by atoms with E-state index in [1.807, 2.05) is 0 Å². The number of halogens is 3. The average Bonchev–Trinajstić information content (AvgIpc) is 2.69. The molecule has 0 heterocycles. The Kier molecular flexibility index (Phi) is 6.73. The van der Waals surface area contributed by atoms with Crippen molar-refractivity contribution in [1.29, 1.82) is 0 Å². The van der Waals surface area contributed by atoms with E-state index in [0.29, 0.717) is 37.1 Å². The Bertz CT molecular complexity index is 1020. The van der Waals surface area contributed by atoms with Gasteiger partial charge in [-0.05, 0) is 54.6 Å². The van der Waals surface area contributed by atoms with E-state index >= 15 is 0 Å². The molecule has 0 aliphatic carbocycles. The van der Waals surface area contributed by atoms with Crippen molar-refractivity contribution in [3.63, 3.8) is 0 Å². The van der Waals surface area contributed by atoms with Crippen molar-refractivity contribution in [2.24, 2.45) is 0 Å². The fourth-order valence-corrected chi connectivity index (χ4v) is 3.18. The summed E-state index contributed by atoms with van der Waals surface area (Å²) in [5.41, 5.74) is 1.05. The first kappa shape index (κ1) is 20.4. The Morgan fingerprint density at radius 1 is 0.929 bits per heavy atom. The molecule has 142 valence electrons. The van der Waals surface area contributed by atoms with Crippen molar-refractivity contribution < 1.29 is 14.3 Å². The topological polar surface area (TPSA) is 55.4 Å². The lowest BCUT2D eigenvalue weighted by Crippen LogP contribution is -2.21. The predicted molar refractivity (Wildman–Crippen MR) is 115 cm³/mol. The molecule has 0 spiro atoms. The van der Waals surface area contributed by atoms with E-state index in [1.54, 1.807) is 66.7 Å². The summed E-state index contributed by atoms with van der Waals surface area (Å²) in [7, 11) is 0. The van der Waals surface area contributed by atoms with Gasteiger partial charge in [0.25, 0.3) is 5.91 Å². The lowest BCUT2D eigenvalue weighted by Gasteiger charge is -2.12. The summed E-state index contributed by atoms with van der Waals surface area (Å²) >= 11 is 15.3. The highest BCUT2D eigenvalue weighted by atomic mass is 79.9. The third kappa shape index (κ3) is 5.13. The second kappa shape index (κ2) is 9.24. The maximum absolute atomic E-state index is 12.9. The second-order valence-electron chi connectivity index (χ2n) is 5.79. The van der Waals surface area contributed by atoms with E-state index < -0.39 is 5.91 Å². The normalized spacial score (nSPS) is 10.4. The van der Waals surface area contributed by atoms with E-state index in [0.717, 1.165) is 0 Å². The molecule has 0 aliphatic rings. The van der Waals surface area contributed by atoms with Crippen LogP contribution in [0.15, 0.2) is 71.2 Å². The number of carbonyl (C=O) groups is 2. The number of rotatable bonds is 6. The molecule has 3 aromatic rings. The Morgan fingerprint density at radius 2 is 1.64 bits per heavy atom. The number of hydrogen-bond acceptors (Lipinski definition) is 3. The van der Waals surface area contributed by atoms with Gasteiger partial charge in [-0.1, -0.05) is 51.3 Å². The number of ketones is 1. The highest BCUT2D eigenvalue weighted by Gasteiger charge is 2.18. The fourth-order valence-electron chi connectivity index (χ4n) is 2.47. The van der Waals surface area contributed by atoms with Crippen molar-refractivity contribution in [2.75, 3.05) is 11.9 Å². The minimum atomic E-state index is -0.398. The standard InChI is InChI=1S/C21H14BrCl2NO3/c22-13-5-10-19(17(11-13)21(27)16-3-1-2-4-18(16)24)25-20(26)12-28-15-8-6-14(23)7-9-15/h1-11H,12H2,(H,25,26). The maximum atomic E-state index is 12.9. The third-order valence-corrected chi connectivity index (χ3v) is 4.88. The first-order chi connectivity index (χ1) is 13.4. The Hall–Kier alpha value is -2.34. The SMILES string of the molecule is O=C(COc1ccc(Cl)cc1)Nc1ccc(Br)cc1C(=O)c1ccccc1Cl. The van der Waals surface area contributed by atoms with Crippen LogP contribution in [0.4, 0.5) is 5.69 Å². The molecule has 0 aliphatic heterocycles. The zero-order chi connectivity index (χ0) is 20.1. The van der Waals surface area contributed by atoms with Crippen molar-refractivity contribution in [2.45, 2.75) is 0 Å². The molecule has 0 unspecified atom stereocenters. The molecule has 4 nitrogen and oxygen atoms in total. The van der Waals surface area contributed by atoms with Crippen LogP contribution in [0.3, 0.4) is 0 Å². The van der Waals surface area contributed by atoms with Gasteiger partial charge < -0.3 is 10.1 Å². The molecule has 3 aromatic carbocycles. The molecule has 28 heavy (non-hydrogen) atoms. The highest BCUT2D eigenvalue weighted by Crippen LogP contribution is 2.27. The molecule has 0 radical (unpaired) electrons. The largest absolute Gasteiger partial charge is 0.484 e. The molecule has 0 atom stereocenters. The zero-order valence-electron chi connectivity index (χ0n) is 14.4. The van der Waals surface area contributed by atoms with Gasteiger partial charge >= 0.3 is 0 Å². The molecule has 0 saturated heterocycles. The van der Waals surface area contributed by atoms with E-state index in [1.165, 1.54) is 0 Å². The van der Waals surface area contributed by atoms with Gasteiger partial charge in [0, 0.05) is 20.6 Å². The molecule has 0 fully saturated rings. The molecule has 3 rings (SSSR count). The van der Waals surface area contributed by atoms with Gasteiger partial charge in [-0.15, -0.1) is 0 Å². The van der Waals surface area contributed by atoms with Gasteiger partial charge in [0.05, 0.1) is 10.7 Å². The lowest BCUT2D eigenvalue weighted by molar-refractivity contribution is -0.118. The van der Waals surface area contributed by atoms with Crippen LogP contribution in [0.25, 0.3) is 0 Å². The van der Waals surface area contributed by atoms with Crippen molar-refractivity contribution in [3.8, 4) is 5.75 Å². The van der Waals surface area contributed by atoms with Crippen LogP contribution in [0.2, 0.25) is 10.0 Å². The molecule has 0 bridgehead atoms. The molecule has 0 aromatic heterocycles. The van der Waals surface area contributed by atoms with Crippen molar-refractivity contribution >= 4 is 56.5 Å². The summed E-state index contributed by atoms with van der Waals surface area (Å²) < 4.78 is 6.14. The van der Waals surface area contributed by atoms with E-state index in [2.05, 4.69) is 21.2 Å². The van der Waals surface area contributed by atoms with Gasteiger partial charge in [-0.2, -0.15) is 0 Å². The average molecular weight is 479 g/mol. The van der Waals surface area contributed by atoms with Gasteiger partial charge in [0.2, 0.25) is 0 Å². The Labute approximate surface area is 180 Å². The van der Waals surface area contributed by atoms with Crippen LogP contribution in [0, 0.1) is 0 Å². The van der Waals surface area contributed by atoms with Gasteiger partial charge in [0.1, 0.15) is 5.75 Å². The summed E-state index contributed by atoms with van der Waals surface area (Å²) in [6, 6.07) is 18.5. The Morgan fingerprint density at radius 3 is 2.36 bits per heavy atom. The number of benzene rings is 3. The summed E-state index contributed by atoms with van der Waals surface area (Å²) in [4.78, 5) is 25.2. The van der Waals surface area contributed by atoms with Crippen LogP contribution < -0.4 is 10.1 Å². The summed E-state index contributed by atoms with van der Waals surface area (Å²) in [5.74, 6) is -0.172. The second-order valence-corrected chi connectivity index (χ2v) is 7.55. The number of ether oxygens (including phenoxy) is 1. The number of nitrogens with one attached hydrogen (secondary N) is 1. The molecular formula is C21H14BrCl2NO3. The first-order valence-corrected chi connectivity index (χ1v) is 9.76. The summed E-state index contributed by atoms with van der Waals surface area (Å²) in [6.07, 6.45) is 0. The molecule has 1 amide bonds. The van der Waals surface area contributed by atoms with Crippen molar-refractivity contribution in [1.82, 2.24) is 0 Å². The number of anilines is 1. The van der Waals surface area contributed by atoms with E-state index in [4.69, 9.17) is 27.9 Å². The predicted octanol–water partition coefficient (Wildman–Crippen LogP) is 6.00. The van der Waals surface area contributed by atoms with Crippen LogP contribution in [-0.2, 0) is 4.79 Å². The highest BCUT2D eigenvalue weighted by molar-refractivity contribution is 9.10. The summed E-state index contributed by atoms with van der Waals surface area (Å²) in [5, 5.41) is 3.64. The van der Waals surface area contributed by atoms with Gasteiger partial charge in [-0.25, -0.2) is 0 Å². The van der Waals surface area contributed by atoms with Crippen LogP contribution >= 0.6 is 39.1 Å². The molecular weight excluding hydrogens is 465 g/mol. The van der Waals surface area contributed by atoms with Gasteiger partial charge in [0.15, 0.2) is 12.4 Å². The molecule has 7 heteroatoms. The number of hydrogen-bond donors (Lipinski definition) is 1. The minimum Gasteiger partial charge on any atom is -0.484 e. The Balaban J connectivity index is 1.77. The van der Waals surface area contributed by atoms with Crippen LogP contribution in [0.5, 0.6) is 5.75 Å².